The zero-order valence-corrected chi connectivity index (χ0v) is 12.5. The molecule has 1 N–H and O–H groups in total. The van der Waals surface area contributed by atoms with Crippen LogP contribution >= 0.6 is 22.7 Å². The Bertz CT molecular complexity index is 708. The van der Waals surface area contributed by atoms with E-state index in [-0.39, 0.29) is 6.61 Å². The average Bonchev–Trinajstić information content (AvgIpc) is 3.17. The lowest BCUT2D eigenvalue weighted by Crippen LogP contribution is -1.76. The maximum absolute atomic E-state index is 9.07. The highest BCUT2D eigenvalue weighted by Crippen LogP contribution is 2.24. The molecule has 100 valence electrons. The van der Waals surface area contributed by atoms with Crippen molar-refractivity contribution in [3.63, 3.8) is 0 Å². The number of aliphatic hydroxyl groups excluding tert-OH is 1. The molecule has 0 unspecified atom stereocenters. The van der Waals surface area contributed by atoms with Gasteiger partial charge in [0.1, 0.15) is 0 Å². The second kappa shape index (κ2) is 6.18. The van der Waals surface area contributed by atoms with Crippen LogP contribution in [0.2, 0.25) is 0 Å². The molecule has 1 aromatic carbocycles. The van der Waals surface area contributed by atoms with Crippen LogP contribution in [0.25, 0.3) is 23.3 Å². The van der Waals surface area contributed by atoms with Gasteiger partial charge in [-0.15, -0.1) is 11.3 Å². The first kappa shape index (κ1) is 13.3. The van der Waals surface area contributed by atoms with Crippen molar-refractivity contribution in [1.29, 1.82) is 0 Å². The van der Waals surface area contributed by atoms with E-state index >= 15 is 0 Å². The standard InChI is InChI=1S/C17H14OS2/c18-11-17-7-6-16(20-17)5-4-13-2-1-3-14(10-13)15-8-9-19-12-15/h1-10,12,18H,11H2/b5-4+. The third-order valence-corrected chi connectivity index (χ3v) is 4.74. The van der Waals surface area contributed by atoms with Crippen LogP contribution in [0.15, 0.2) is 53.2 Å². The molecule has 3 rings (SSSR count). The monoisotopic (exact) mass is 298 g/mol. The molecule has 0 atom stereocenters. The number of thiophene rings is 2. The van der Waals surface area contributed by atoms with Crippen LogP contribution in [-0.4, -0.2) is 5.11 Å². The van der Waals surface area contributed by atoms with Crippen LogP contribution < -0.4 is 0 Å². The second-order valence-corrected chi connectivity index (χ2v) is 6.41. The highest BCUT2D eigenvalue weighted by molar-refractivity contribution is 7.12. The molecule has 0 fully saturated rings. The van der Waals surface area contributed by atoms with E-state index in [1.807, 2.05) is 12.1 Å². The molecule has 0 aliphatic heterocycles. The van der Waals surface area contributed by atoms with Gasteiger partial charge >= 0.3 is 0 Å². The molecule has 0 saturated heterocycles. The smallest absolute Gasteiger partial charge is 0.0774 e. The van der Waals surface area contributed by atoms with Crippen molar-refractivity contribution in [3.8, 4) is 11.1 Å². The first-order valence-corrected chi connectivity index (χ1v) is 8.11. The van der Waals surface area contributed by atoms with Crippen molar-refractivity contribution in [2.24, 2.45) is 0 Å². The van der Waals surface area contributed by atoms with Crippen LogP contribution in [0.4, 0.5) is 0 Å². The number of hydrogen-bond acceptors (Lipinski definition) is 3. The summed E-state index contributed by atoms with van der Waals surface area (Å²) >= 11 is 3.33. The van der Waals surface area contributed by atoms with Gasteiger partial charge in [0.2, 0.25) is 0 Å². The summed E-state index contributed by atoms with van der Waals surface area (Å²) in [6, 6.07) is 14.7. The maximum Gasteiger partial charge on any atom is 0.0774 e. The Morgan fingerprint density at radius 2 is 1.95 bits per heavy atom. The van der Waals surface area contributed by atoms with Gasteiger partial charge in [-0.2, -0.15) is 11.3 Å². The van der Waals surface area contributed by atoms with Crippen molar-refractivity contribution in [2.75, 3.05) is 0 Å². The predicted octanol–water partition coefficient (Wildman–Crippen LogP) is 5.14. The molecule has 0 aliphatic carbocycles. The first-order valence-electron chi connectivity index (χ1n) is 6.35. The van der Waals surface area contributed by atoms with Crippen molar-refractivity contribution >= 4 is 34.8 Å². The van der Waals surface area contributed by atoms with Crippen molar-refractivity contribution in [1.82, 2.24) is 0 Å². The van der Waals surface area contributed by atoms with Crippen LogP contribution in [0.3, 0.4) is 0 Å². The molecular formula is C17H14OS2. The Balaban J connectivity index is 1.82. The number of rotatable bonds is 4. The Labute approximate surface area is 126 Å². The molecule has 2 heterocycles. The van der Waals surface area contributed by atoms with E-state index in [4.69, 9.17) is 5.11 Å². The van der Waals surface area contributed by atoms with E-state index in [9.17, 15) is 0 Å². The number of aliphatic hydroxyl groups is 1. The maximum atomic E-state index is 9.07. The minimum absolute atomic E-state index is 0.117. The van der Waals surface area contributed by atoms with E-state index in [1.165, 1.54) is 16.7 Å². The molecule has 0 radical (unpaired) electrons. The molecule has 0 spiro atoms. The van der Waals surface area contributed by atoms with E-state index in [0.29, 0.717) is 0 Å². The fourth-order valence-corrected chi connectivity index (χ4v) is 3.44. The minimum atomic E-state index is 0.117. The molecule has 3 heteroatoms. The molecule has 0 aliphatic rings. The highest BCUT2D eigenvalue weighted by Gasteiger charge is 1.99. The topological polar surface area (TPSA) is 20.2 Å². The van der Waals surface area contributed by atoms with E-state index in [1.54, 1.807) is 22.7 Å². The minimum Gasteiger partial charge on any atom is -0.391 e. The van der Waals surface area contributed by atoms with Crippen LogP contribution in [-0.2, 0) is 6.61 Å². The third-order valence-electron chi connectivity index (χ3n) is 3.02. The number of hydrogen-bond donors (Lipinski definition) is 1. The highest BCUT2D eigenvalue weighted by atomic mass is 32.1. The van der Waals surface area contributed by atoms with Gasteiger partial charge < -0.3 is 5.11 Å². The quantitative estimate of drug-likeness (QED) is 0.707. The van der Waals surface area contributed by atoms with Gasteiger partial charge in [0, 0.05) is 9.75 Å². The van der Waals surface area contributed by atoms with Gasteiger partial charge in [0.05, 0.1) is 6.61 Å². The Morgan fingerprint density at radius 1 is 1.00 bits per heavy atom. The summed E-state index contributed by atoms with van der Waals surface area (Å²) in [5, 5.41) is 13.3. The molecule has 1 nitrogen and oxygen atoms in total. The van der Waals surface area contributed by atoms with Gasteiger partial charge in [-0.3, -0.25) is 0 Å². The fraction of sp³-hybridized carbons (Fsp3) is 0.0588. The van der Waals surface area contributed by atoms with E-state index in [2.05, 4.69) is 53.2 Å². The SMILES string of the molecule is OCc1ccc(/C=C/c2cccc(-c3ccsc3)c2)s1. The summed E-state index contributed by atoms with van der Waals surface area (Å²) < 4.78 is 0. The van der Waals surface area contributed by atoms with Gasteiger partial charge in [-0.1, -0.05) is 24.3 Å². The number of benzene rings is 1. The van der Waals surface area contributed by atoms with E-state index < -0.39 is 0 Å². The molecule has 0 saturated carbocycles. The summed E-state index contributed by atoms with van der Waals surface area (Å²) in [5.74, 6) is 0. The van der Waals surface area contributed by atoms with E-state index in [0.717, 1.165) is 9.75 Å². The molecule has 0 amide bonds. The Kier molecular flexibility index (Phi) is 4.11. The van der Waals surface area contributed by atoms with Gasteiger partial charge in [-0.05, 0) is 57.8 Å². The van der Waals surface area contributed by atoms with Crippen LogP contribution in [0.5, 0.6) is 0 Å². The van der Waals surface area contributed by atoms with Gasteiger partial charge in [-0.25, -0.2) is 0 Å². The summed E-state index contributed by atoms with van der Waals surface area (Å²) in [6.45, 7) is 0.117. The van der Waals surface area contributed by atoms with Gasteiger partial charge in [0.15, 0.2) is 0 Å². The lowest BCUT2D eigenvalue weighted by atomic mass is 10.1. The summed E-state index contributed by atoms with van der Waals surface area (Å²) in [7, 11) is 0. The summed E-state index contributed by atoms with van der Waals surface area (Å²) in [6.07, 6.45) is 4.21. The van der Waals surface area contributed by atoms with Gasteiger partial charge in [0.25, 0.3) is 0 Å². The Hall–Kier alpha value is -1.68. The van der Waals surface area contributed by atoms with Crippen molar-refractivity contribution in [2.45, 2.75) is 6.61 Å². The summed E-state index contributed by atoms with van der Waals surface area (Å²) in [4.78, 5) is 2.16. The van der Waals surface area contributed by atoms with Crippen molar-refractivity contribution < 1.29 is 5.11 Å². The molecule has 20 heavy (non-hydrogen) atoms. The first-order chi connectivity index (χ1) is 9.85. The Morgan fingerprint density at radius 3 is 2.70 bits per heavy atom. The summed E-state index contributed by atoms with van der Waals surface area (Å²) in [5.41, 5.74) is 3.70. The molecular weight excluding hydrogens is 284 g/mol. The lowest BCUT2D eigenvalue weighted by molar-refractivity contribution is 0.285. The second-order valence-electron chi connectivity index (χ2n) is 4.43. The largest absolute Gasteiger partial charge is 0.391 e. The average molecular weight is 298 g/mol. The zero-order valence-electron chi connectivity index (χ0n) is 10.8. The molecule has 0 bridgehead atoms. The normalized spacial score (nSPS) is 11.2. The van der Waals surface area contributed by atoms with Crippen molar-refractivity contribution in [3.05, 3.63) is 68.5 Å². The van der Waals surface area contributed by atoms with Crippen LogP contribution in [0.1, 0.15) is 15.3 Å². The zero-order chi connectivity index (χ0) is 13.8. The van der Waals surface area contributed by atoms with Crippen LogP contribution in [0, 0.1) is 0 Å². The fourth-order valence-electron chi connectivity index (χ4n) is 2.00. The predicted molar refractivity (Wildman–Crippen MR) is 88.9 cm³/mol. The molecule has 2 aromatic heterocycles. The third kappa shape index (κ3) is 3.07. The lowest BCUT2D eigenvalue weighted by Gasteiger charge is -1.99. The molecule has 3 aromatic rings.